The molecule has 5 aliphatic rings. The molecule has 7 rings (SSSR count). The largest absolute Gasteiger partial charge is 0.353 e. The maximum atomic E-state index is 13.1. The zero-order valence-electron chi connectivity index (χ0n) is 18.1. The van der Waals surface area contributed by atoms with Gasteiger partial charge in [-0.25, -0.2) is 4.98 Å². The van der Waals surface area contributed by atoms with E-state index in [4.69, 9.17) is 0 Å². The smallest absolute Gasteiger partial charge is 0.268 e. The van der Waals surface area contributed by atoms with Crippen LogP contribution in [-0.4, -0.2) is 33.8 Å². The molecule has 5 saturated carbocycles. The molecule has 31 heavy (non-hydrogen) atoms. The fourth-order valence-corrected chi connectivity index (χ4v) is 7.19. The van der Waals surface area contributed by atoms with Crippen LogP contribution < -0.4 is 10.6 Å². The number of pyridine rings is 1. The number of aromatic nitrogens is 2. The Labute approximate surface area is 183 Å². The van der Waals surface area contributed by atoms with E-state index < -0.39 is 0 Å². The van der Waals surface area contributed by atoms with E-state index in [1.165, 1.54) is 44.9 Å². The summed E-state index contributed by atoms with van der Waals surface area (Å²) in [5.41, 5.74) is 2.34. The highest BCUT2D eigenvalue weighted by Gasteiger charge is 2.50. The first-order valence-corrected chi connectivity index (χ1v) is 12.1. The fraction of sp³-hybridized carbons (Fsp3) is 0.640. The second-order valence-electron chi connectivity index (χ2n) is 10.8. The van der Waals surface area contributed by atoms with Gasteiger partial charge in [0.2, 0.25) is 5.91 Å². The molecule has 164 valence electrons. The van der Waals surface area contributed by atoms with Gasteiger partial charge in [-0.1, -0.05) is 6.07 Å². The lowest BCUT2D eigenvalue weighted by molar-refractivity contribution is -0.121. The topological polar surface area (TPSA) is 75.5 Å². The average molecular weight is 421 g/mol. The first kappa shape index (κ1) is 19.3. The van der Waals surface area contributed by atoms with E-state index in [0.717, 1.165) is 37.1 Å². The van der Waals surface area contributed by atoms with Crippen molar-refractivity contribution in [2.45, 2.75) is 70.3 Å². The molecule has 6 heteroatoms. The van der Waals surface area contributed by atoms with E-state index in [0.29, 0.717) is 28.5 Å². The molecule has 0 radical (unpaired) electrons. The highest BCUT2D eigenvalue weighted by Crippen LogP contribution is 2.59. The van der Waals surface area contributed by atoms with Crippen LogP contribution in [0.15, 0.2) is 24.4 Å². The molecule has 5 aliphatic carbocycles. The summed E-state index contributed by atoms with van der Waals surface area (Å²) in [6, 6.07) is 5.95. The minimum Gasteiger partial charge on any atom is -0.353 e. The van der Waals surface area contributed by atoms with Crippen molar-refractivity contribution < 1.29 is 9.59 Å². The Kier molecular flexibility index (Phi) is 4.58. The van der Waals surface area contributed by atoms with Crippen molar-refractivity contribution in [3.05, 3.63) is 35.8 Å². The van der Waals surface area contributed by atoms with Crippen LogP contribution in [0.3, 0.4) is 0 Å². The lowest BCUT2D eigenvalue weighted by atomic mass is 9.49. The summed E-state index contributed by atoms with van der Waals surface area (Å²) in [6.07, 6.45) is 13.5. The standard InChI is InChI=1S/C25H32N4O2/c30-23(28-19-3-1-4-19)10-20-14-29-21(5-2-6-22(29)27-20)24(31)26-15-25-11-16-7-17(12-25)9-18(8-16)13-25/h2,5-6,14,16-19H,1,3-4,7-13,15H2,(H,26,31)(H,28,30). The number of imidazole rings is 1. The normalized spacial score (nSPS) is 31.5. The number of carbonyl (C=O) groups is 2. The quantitative estimate of drug-likeness (QED) is 0.751. The van der Waals surface area contributed by atoms with Crippen LogP contribution >= 0.6 is 0 Å². The van der Waals surface area contributed by atoms with Gasteiger partial charge in [0.25, 0.3) is 5.91 Å². The third-order valence-electron chi connectivity index (χ3n) is 8.38. The third kappa shape index (κ3) is 3.64. The highest BCUT2D eigenvalue weighted by molar-refractivity contribution is 5.93. The lowest BCUT2D eigenvalue weighted by Crippen LogP contribution is -2.51. The van der Waals surface area contributed by atoms with Crippen molar-refractivity contribution in [3.8, 4) is 0 Å². The van der Waals surface area contributed by atoms with E-state index in [2.05, 4.69) is 15.6 Å². The van der Waals surface area contributed by atoms with E-state index in [9.17, 15) is 9.59 Å². The monoisotopic (exact) mass is 420 g/mol. The first-order valence-electron chi connectivity index (χ1n) is 12.1. The second-order valence-corrected chi connectivity index (χ2v) is 10.8. The van der Waals surface area contributed by atoms with Crippen molar-refractivity contribution in [1.29, 1.82) is 0 Å². The van der Waals surface area contributed by atoms with Crippen LogP contribution in [0, 0.1) is 23.2 Å². The minimum atomic E-state index is -0.0378. The summed E-state index contributed by atoms with van der Waals surface area (Å²) in [6.45, 7) is 0.789. The van der Waals surface area contributed by atoms with Crippen LogP contribution in [0.2, 0.25) is 0 Å². The number of rotatable bonds is 6. The molecule has 2 heterocycles. The third-order valence-corrected chi connectivity index (χ3v) is 8.38. The number of hydrogen-bond acceptors (Lipinski definition) is 3. The van der Waals surface area contributed by atoms with Gasteiger partial charge in [-0.05, 0) is 93.1 Å². The molecule has 0 spiro atoms. The summed E-state index contributed by atoms with van der Waals surface area (Å²) in [4.78, 5) is 30.0. The Morgan fingerprint density at radius 1 is 1.06 bits per heavy atom. The van der Waals surface area contributed by atoms with Gasteiger partial charge >= 0.3 is 0 Å². The molecular weight excluding hydrogens is 388 g/mol. The molecular formula is C25H32N4O2. The maximum Gasteiger partial charge on any atom is 0.268 e. The van der Waals surface area contributed by atoms with Gasteiger partial charge in [-0.15, -0.1) is 0 Å². The van der Waals surface area contributed by atoms with Gasteiger partial charge in [0.1, 0.15) is 11.3 Å². The Bertz CT molecular complexity index is 986. The van der Waals surface area contributed by atoms with Crippen molar-refractivity contribution in [1.82, 2.24) is 20.0 Å². The minimum absolute atomic E-state index is 0.0147. The van der Waals surface area contributed by atoms with E-state index in [1.807, 2.05) is 28.8 Å². The van der Waals surface area contributed by atoms with Crippen LogP contribution in [0.1, 0.15) is 74.0 Å². The van der Waals surface area contributed by atoms with E-state index >= 15 is 0 Å². The van der Waals surface area contributed by atoms with Crippen molar-refractivity contribution >= 4 is 17.5 Å². The highest BCUT2D eigenvalue weighted by atomic mass is 16.2. The van der Waals surface area contributed by atoms with Crippen LogP contribution in [-0.2, 0) is 11.2 Å². The van der Waals surface area contributed by atoms with Crippen molar-refractivity contribution in [2.75, 3.05) is 6.54 Å². The Hall–Kier alpha value is -2.37. The molecule has 0 aliphatic heterocycles. The molecule has 6 nitrogen and oxygen atoms in total. The van der Waals surface area contributed by atoms with Gasteiger partial charge < -0.3 is 10.6 Å². The van der Waals surface area contributed by atoms with Gasteiger partial charge in [-0.3, -0.25) is 14.0 Å². The van der Waals surface area contributed by atoms with Gasteiger partial charge in [0.05, 0.1) is 12.1 Å². The molecule has 0 atom stereocenters. The van der Waals surface area contributed by atoms with Crippen LogP contribution in [0.5, 0.6) is 0 Å². The number of nitrogens with one attached hydrogen (secondary N) is 2. The predicted octanol–water partition coefficient (Wildman–Crippen LogP) is 3.49. The van der Waals surface area contributed by atoms with Gasteiger partial charge in [-0.2, -0.15) is 0 Å². The number of nitrogens with zero attached hydrogens (tertiary/aromatic N) is 2. The second kappa shape index (κ2) is 7.35. The molecule has 0 aromatic carbocycles. The first-order chi connectivity index (χ1) is 15.1. The maximum absolute atomic E-state index is 13.1. The summed E-state index contributed by atoms with van der Waals surface area (Å²) < 4.78 is 1.83. The van der Waals surface area contributed by atoms with Crippen molar-refractivity contribution in [2.24, 2.45) is 23.2 Å². The molecule has 2 N–H and O–H groups in total. The lowest BCUT2D eigenvalue weighted by Gasteiger charge is -2.56. The number of carbonyl (C=O) groups excluding carboxylic acids is 2. The Balaban J connectivity index is 1.15. The SMILES string of the molecule is O=C(Cc1cn2c(C(=O)NCC34CC5CC(CC(C5)C3)C4)cccc2n1)NC1CCC1. The van der Waals surface area contributed by atoms with E-state index in [1.54, 1.807) is 0 Å². The zero-order chi connectivity index (χ0) is 21.0. The van der Waals surface area contributed by atoms with Crippen LogP contribution in [0.4, 0.5) is 0 Å². The summed E-state index contributed by atoms with van der Waals surface area (Å²) in [7, 11) is 0. The van der Waals surface area contributed by atoms with Gasteiger partial charge in [0.15, 0.2) is 0 Å². The fourth-order valence-electron chi connectivity index (χ4n) is 7.19. The molecule has 4 bridgehead atoms. The molecule has 5 fully saturated rings. The molecule has 0 unspecified atom stereocenters. The summed E-state index contributed by atoms with van der Waals surface area (Å²) in [5.74, 6) is 2.63. The zero-order valence-corrected chi connectivity index (χ0v) is 18.1. The summed E-state index contributed by atoms with van der Waals surface area (Å²) in [5, 5.41) is 6.34. The molecule has 2 amide bonds. The Morgan fingerprint density at radius 2 is 1.77 bits per heavy atom. The van der Waals surface area contributed by atoms with Crippen LogP contribution in [0.25, 0.3) is 5.65 Å². The van der Waals surface area contributed by atoms with Gasteiger partial charge in [0, 0.05) is 18.8 Å². The average Bonchev–Trinajstić information content (AvgIpc) is 3.10. The number of hydrogen-bond donors (Lipinski definition) is 2. The molecule has 0 saturated heterocycles. The number of fused-ring (bicyclic) bond motifs is 1. The molecule has 2 aromatic heterocycles. The predicted molar refractivity (Wildman–Crippen MR) is 118 cm³/mol. The Morgan fingerprint density at radius 3 is 2.42 bits per heavy atom. The number of amides is 2. The summed E-state index contributed by atoms with van der Waals surface area (Å²) >= 11 is 0. The van der Waals surface area contributed by atoms with E-state index in [-0.39, 0.29) is 18.2 Å². The van der Waals surface area contributed by atoms with Crippen molar-refractivity contribution in [3.63, 3.8) is 0 Å². The molecule has 2 aromatic rings.